The summed E-state index contributed by atoms with van der Waals surface area (Å²) < 4.78 is 30.2. The van der Waals surface area contributed by atoms with Crippen LogP contribution in [0.1, 0.15) is 27.2 Å². The third-order valence-corrected chi connectivity index (χ3v) is 3.39. The second-order valence-electron chi connectivity index (χ2n) is 4.82. The molecule has 1 atom stereocenters. The van der Waals surface area contributed by atoms with Gasteiger partial charge >= 0.3 is 5.97 Å². The summed E-state index contributed by atoms with van der Waals surface area (Å²) in [4.78, 5) is 11.6. The first-order valence-electron chi connectivity index (χ1n) is 5.64. The highest BCUT2D eigenvalue weighted by molar-refractivity contribution is 7.85. The Morgan fingerprint density at radius 2 is 1.94 bits per heavy atom. The highest BCUT2D eigenvalue weighted by Gasteiger charge is 2.17. The molecule has 0 radical (unpaired) electrons. The molecule has 100 valence electrons. The van der Waals surface area contributed by atoms with Gasteiger partial charge in [0.05, 0.1) is 22.1 Å². The summed E-state index contributed by atoms with van der Waals surface area (Å²) in [5.74, 6) is -0.872. The van der Waals surface area contributed by atoms with Crippen molar-refractivity contribution in [1.82, 2.24) is 0 Å². The van der Waals surface area contributed by atoms with Crippen LogP contribution >= 0.6 is 0 Å². The number of carbonyl (C=O) groups is 1. The van der Waals surface area contributed by atoms with Crippen LogP contribution in [0.15, 0.2) is 29.2 Å². The van der Waals surface area contributed by atoms with Gasteiger partial charge in [-0.2, -0.15) is 0 Å². The van der Waals surface area contributed by atoms with Gasteiger partial charge in [0.15, 0.2) is 0 Å². The lowest BCUT2D eigenvalue weighted by Gasteiger charge is -2.19. The van der Waals surface area contributed by atoms with Gasteiger partial charge in [0, 0.05) is 5.75 Å². The number of hydrogen-bond acceptors (Lipinski definition) is 3. The van der Waals surface area contributed by atoms with E-state index in [-0.39, 0.29) is 17.1 Å². The van der Waals surface area contributed by atoms with E-state index in [1.165, 1.54) is 18.2 Å². The van der Waals surface area contributed by atoms with E-state index in [4.69, 9.17) is 4.74 Å². The number of esters is 1. The minimum atomic E-state index is -1.52. The fraction of sp³-hybridized carbons (Fsp3) is 0.462. The molecule has 18 heavy (non-hydrogen) atoms. The molecule has 0 fully saturated rings. The van der Waals surface area contributed by atoms with Crippen LogP contribution < -0.4 is 0 Å². The Balaban J connectivity index is 2.52. The van der Waals surface area contributed by atoms with E-state index in [1.54, 1.807) is 26.8 Å². The first-order valence-corrected chi connectivity index (χ1v) is 6.96. The minimum absolute atomic E-state index is 0.0121. The van der Waals surface area contributed by atoms with E-state index in [0.29, 0.717) is 0 Å². The van der Waals surface area contributed by atoms with Gasteiger partial charge < -0.3 is 4.74 Å². The monoisotopic (exact) mass is 272 g/mol. The molecule has 3 nitrogen and oxygen atoms in total. The molecule has 1 aromatic carbocycles. The van der Waals surface area contributed by atoms with Gasteiger partial charge in [-0.15, -0.1) is 0 Å². The van der Waals surface area contributed by atoms with Crippen LogP contribution in [0.3, 0.4) is 0 Å². The Labute approximate surface area is 109 Å². The smallest absolute Gasteiger partial charge is 0.307 e. The molecule has 0 amide bonds. The largest absolute Gasteiger partial charge is 0.460 e. The van der Waals surface area contributed by atoms with Crippen LogP contribution in [0.4, 0.5) is 4.39 Å². The van der Waals surface area contributed by atoms with Gasteiger partial charge in [-0.1, -0.05) is 12.1 Å². The van der Waals surface area contributed by atoms with Crippen molar-refractivity contribution in [2.75, 3.05) is 5.75 Å². The number of rotatable bonds is 4. The molecule has 0 aliphatic heterocycles. The lowest BCUT2D eigenvalue weighted by molar-refractivity contribution is -0.154. The van der Waals surface area contributed by atoms with E-state index in [1.807, 2.05) is 0 Å². The molecule has 0 aliphatic carbocycles. The molecule has 0 saturated carbocycles. The zero-order valence-corrected chi connectivity index (χ0v) is 11.6. The number of halogens is 1. The summed E-state index contributed by atoms with van der Waals surface area (Å²) in [5, 5.41) is 0. The van der Waals surface area contributed by atoms with Crippen molar-refractivity contribution in [3.63, 3.8) is 0 Å². The average Bonchev–Trinajstić information content (AvgIpc) is 2.24. The number of ether oxygens (including phenoxy) is 1. The fourth-order valence-electron chi connectivity index (χ4n) is 1.31. The first kappa shape index (κ1) is 14.8. The molecule has 5 heteroatoms. The van der Waals surface area contributed by atoms with Crippen molar-refractivity contribution < 1.29 is 18.1 Å². The Kier molecular flexibility index (Phi) is 5.02. The van der Waals surface area contributed by atoms with Crippen molar-refractivity contribution in [3.05, 3.63) is 30.1 Å². The lowest BCUT2D eigenvalue weighted by atomic mass is 10.2. The second-order valence-corrected chi connectivity index (χ2v) is 6.36. The average molecular weight is 272 g/mol. The molecule has 1 unspecified atom stereocenters. The van der Waals surface area contributed by atoms with Crippen molar-refractivity contribution in [1.29, 1.82) is 0 Å². The van der Waals surface area contributed by atoms with E-state index in [0.717, 1.165) is 0 Å². The van der Waals surface area contributed by atoms with E-state index >= 15 is 0 Å². The topological polar surface area (TPSA) is 43.4 Å². The maximum Gasteiger partial charge on any atom is 0.307 e. The van der Waals surface area contributed by atoms with Gasteiger partial charge in [-0.3, -0.25) is 9.00 Å². The van der Waals surface area contributed by atoms with Crippen LogP contribution in [0.25, 0.3) is 0 Å². The molecular formula is C13H17FO3S. The number of benzene rings is 1. The van der Waals surface area contributed by atoms with Crippen LogP contribution in [0.2, 0.25) is 0 Å². The summed E-state index contributed by atoms with van der Waals surface area (Å²) in [6, 6.07) is 5.86. The summed E-state index contributed by atoms with van der Waals surface area (Å²) in [5.41, 5.74) is -0.559. The fourth-order valence-corrected chi connectivity index (χ4v) is 2.40. The zero-order valence-electron chi connectivity index (χ0n) is 10.7. The summed E-state index contributed by atoms with van der Waals surface area (Å²) >= 11 is 0. The zero-order chi connectivity index (χ0) is 13.8. The molecule has 0 heterocycles. The third-order valence-electron chi connectivity index (χ3n) is 1.99. The predicted octanol–water partition coefficient (Wildman–Crippen LogP) is 2.67. The van der Waals surface area contributed by atoms with Crippen LogP contribution in [-0.4, -0.2) is 21.5 Å². The molecular weight excluding hydrogens is 255 g/mol. The molecule has 1 rings (SSSR count). The van der Waals surface area contributed by atoms with Gasteiger partial charge in [-0.25, -0.2) is 4.39 Å². The molecule has 0 saturated heterocycles. The molecule has 0 spiro atoms. The maximum absolute atomic E-state index is 13.3. The normalized spacial score (nSPS) is 13.1. The highest BCUT2D eigenvalue weighted by atomic mass is 32.2. The van der Waals surface area contributed by atoms with E-state index < -0.39 is 28.2 Å². The summed E-state index contributed by atoms with van der Waals surface area (Å²) in [6.07, 6.45) is 0.0121. The Morgan fingerprint density at radius 3 is 2.50 bits per heavy atom. The molecule has 0 aliphatic rings. The van der Waals surface area contributed by atoms with Crippen molar-refractivity contribution in [2.45, 2.75) is 37.7 Å². The van der Waals surface area contributed by atoms with Gasteiger partial charge in [0.2, 0.25) is 0 Å². The number of carbonyl (C=O) groups excluding carboxylic acids is 1. The van der Waals surface area contributed by atoms with Crippen LogP contribution in [0.5, 0.6) is 0 Å². The van der Waals surface area contributed by atoms with Crippen molar-refractivity contribution in [3.8, 4) is 0 Å². The predicted molar refractivity (Wildman–Crippen MR) is 68.1 cm³/mol. The Bertz CT molecular complexity index is 452. The van der Waals surface area contributed by atoms with Crippen LogP contribution in [0, 0.1) is 5.82 Å². The van der Waals surface area contributed by atoms with E-state index in [2.05, 4.69) is 0 Å². The second kappa shape index (κ2) is 6.09. The summed E-state index contributed by atoms with van der Waals surface area (Å²) in [6.45, 7) is 5.29. The third kappa shape index (κ3) is 4.96. The molecule has 0 N–H and O–H groups in total. The first-order chi connectivity index (χ1) is 8.29. The van der Waals surface area contributed by atoms with Gasteiger partial charge in [-0.05, 0) is 32.9 Å². The SMILES string of the molecule is CC(C)(C)OC(=O)CCS(=O)c1ccccc1F. The maximum atomic E-state index is 13.3. The van der Waals surface area contributed by atoms with E-state index in [9.17, 15) is 13.4 Å². The molecule has 1 aromatic rings. The minimum Gasteiger partial charge on any atom is -0.460 e. The van der Waals surface area contributed by atoms with Gasteiger partial charge in [0.25, 0.3) is 0 Å². The van der Waals surface area contributed by atoms with Crippen LogP contribution in [-0.2, 0) is 20.3 Å². The van der Waals surface area contributed by atoms with Crippen molar-refractivity contribution in [2.24, 2.45) is 0 Å². The highest BCUT2D eigenvalue weighted by Crippen LogP contribution is 2.13. The Hall–Kier alpha value is -1.23. The molecule has 0 aromatic heterocycles. The Morgan fingerprint density at radius 1 is 1.33 bits per heavy atom. The van der Waals surface area contributed by atoms with Crippen molar-refractivity contribution >= 4 is 16.8 Å². The van der Waals surface area contributed by atoms with Gasteiger partial charge in [0.1, 0.15) is 11.4 Å². The summed E-state index contributed by atoms with van der Waals surface area (Å²) in [7, 11) is -1.52. The standard InChI is InChI=1S/C13H17FO3S/c1-13(2,3)17-12(15)8-9-18(16)11-7-5-4-6-10(11)14/h4-7H,8-9H2,1-3H3. The molecule has 0 bridgehead atoms. The quantitative estimate of drug-likeness (QED) is 0.791. The number of hydrogen-bond donors (Lipinski definition) is 0. The lowest BCUT2D eigenvalue weighted by Crippen LogP contribution is -2.24.